The number of ether oxygens (including phenoxy) is 2. The van der Waals surface area contributed by atoms with E-state index < -0.39 is 0 Å². The summed E-state index contributed by atoms with van der Waals surface area (Å²) in [4.78, 5) is 13.4. The molecule has 0 bridgehead atoms. The second kappa shape index (κ2) is 11.6. The Morgan fingerprint density at radius 3 is 2.71 bits per heavy atom. The number of carbonyl (C=O) groups is 1. The lowest BCUT2D eigenvalue weighted by molar-refractivity contribution is -0.129. The van der Waals surface area contributed by atoms with Crippen molar-refractivity contribution < 1.29 is 14.3 Å². The van der Waals surface area contributed by atoms with Gasteiger partial charge in [0.1, 0.15) is 12.4 Å². The normalized spacial score (nSPS) is 9.86. The molecule has 0 saturated heterocycles. The van der Waals surface area contributed by atoms with E-state index in [1.54, 1.807) is 31.2 Å². The number of rotatable bonds is 9. The van der Waals surface area contributed by atoms with Crippen LogP contribution in [0.4, 0.5) is 0 Å². The molecule has 5 nitrogen and oxygen atoms in total. The van der Waals surface area contributed by atoms with E-state index in [2.05, 4.69) is 5.32 Å². The van der Waals surface area contributed by atoms with E-state index in [1.165, 1.54) is 0 Å². The van der Waals surface area contributed by atoms with Crippen LogP contribution in [0.2, 0.25) is 5.02 Å². The molecule has 0 heterocycles. The Bertz CT molecular complexity index is 419. The summed E-state index contributed by atoms with van der Waals surface area (Å²) in [6.07, 6.45) is 0. The third kappa shape index (κ3) is 8.12. The van der Waals surface area contributed by atoms with Gasteiger partial charge in [0.2, 0.25) is 5.91 Å². The molecule has 0 saturated carbocycles. The minimum Gasteiger partial charge on any atom is -0.490 e. The van der Waals surface area contributed by atoms with Crippen molar-refractivity contribution in [3.63, 3.8) is 0 Å². The molecule has 1 N–H and O–H groups in total. The van der Waals surface area contributed by atoms with Crippen molar-refractivity contribution in [1.29, 1.82) is 0 Å². The zero-order valence-electron chi connectivity index (χ0n) is 12.3. The summed E-state index contributed by atoms with van der Waals surface area (Å²) in [7, 11) is 3.37. The highest BCUT2D eigenvalue weighted by Gasteiger charge is 2.08. The van der Waals surface area contributed by atoms with Crippen LogP contribution in [0.25, 0.3) is 0 Å². The van der Waals surface area contributed by atoms with Crippen LogP contribution in [0, 0.1) is 0 Å². The largest absolute Gasteiger partial charge is 0.490 e. The van der Waals surface area contributed by atoms with Crippen molar-refractivity contribution in [2.75, 3.05) is 47.0 Å². The first kappa shape index (κ1) is 20.0. The molecule has 0 radical (unpaired) electrons. The van der Waals surface area contributed by atoms with Crippen molar-refractivity contribution >= 4 is 29.9 Å². The van der Waals surface area contributed by atoms with E-state index >= 15 is 0 Å². The van der Waals surface area contributed by atoms with Gasteiger partial charge in [-0.2, -0.15) is 0 Å². The van der Waals surface area contributed by atoms with Crippen molar-refractivity contribution in [1.82, 2.24) is 10.2 Å². The van der Waals surface area contributed by atoms with Crippen LogP contribution in [0.3, 0.4) is 0 Å². The zero-order valence-corrected chi connectivity index (χ0v) is 13.9. The lowest BCUT2D eigenvalue weighted by atomic mass is 10.3. The molecule has 1 amide bonds. The van der Waals surface area contributed by atoms with Crippen LogP contribution >= 0.6 is 24.0 Å². The Morgan fingerprint density at radius 2 is 2.05 bits per heavy atom. The number of amides is 1. The summed E-state index contributed by atoms with van der Waals surface area (Å²) >= 11 is 5.97. The number of hydrogen-bond acceptors (Lipinski definition) is 4. The standard InChI is InChI=1S/C14H21ClN2O3.ClH/c1-17(14(18)11-16-7-9-19-2)8-10-20-13-6-4-3-5-12(13)15;/h3-6,16H,7-11H2,1-2H3;1H. The third-order valence-electron chi connectivity index (χ3n) is 2.71. The lowest BCUT2D eigenvalue weighted by Crippen LogP contribution is -2.38. The van der Waals surface area contributed by atoms with E-state index in [-0.39, 0.29) is 18.3 Å². The lowest BCUT2D eigenvalue weighted by Gasteiger charge is -2.18. The number of carbonyl (C=O) groups excluding carboxylic acids is 1. The van der Waals surface area contributed by atoms with Crippen LogP contribution in [0.5, 0.6) is 5.75 Å². The molecular weight excluding hydrogens is 315 g/mol. The van der Waals surface area contributed by atoms with Gasteiger partial charge in [-0.25, -0.2) is 0 Å². The Labute approximate surface area is 137 Å². The van der Waals surface area contributed by atoms with Gasteiger partial charge in [-0.15, -0.1) is 12.4 Å². The molecule has 0 aliphatic rings. The monoisotopic (exact) mass is 336 g/mol. The molecule has 21 heavy (non-hydrogen) atoms. The van der Waals surface area contributed by atoms with Crippen LogP contribution in [-0.4, -0.2) is 57.8 Å². The molecule has 0 aliphatic carbocycles. The number of nitrogens with zero attached hydrogens (tertiary/aromatic N) is 1. The van der Waals surface area contributed by atoms with Gasteiger partial charge >= 0.3 is 0 Å². The van der Waals surface area contributed by atoms with Crippen molar-refractivity contribution in [2.24, 2.45) is 0 Å². The number of halogens is 2. The summed E-state index contributed by atoms with van der Waals surface area (Å²) < 4.78 is 10.4. The zero-order chi connectivity index (χ0) is 14.8. The van der Waals surface area contributed by atoms with Gasteiger partial charge in [0.05, 0.1) is 24.7 Å². The maximum Gasteiger partial charge on any atom is 0.236 e. The molecule has 120 valence electrons. The fourth-order valence-corrected chi connectivity index (χ4v) is 1.67. The van der Waals surface area contributed by atoms with Crippen molar-refractivity contribution in [3.8, 4) is 5.75 Å². The molecule has 0 atom stereocenters. The predicted octanol–water partition coefficient (Wildman–Crippen LogP) is 1.84. The Hall–Kier alpha value is -1.01. The van der Waals surface area contributed by atoms with Crippen LogP contribution in [-0.2, 0) is 9.53 Å². The molecule has 0 fully saturated rings. The van der Waals surface area contributed by atoms with E-state index in [4.69, 9.17) is 21.1 Å². The van der Waals surface area contributed by atoms with Gasteiger partial charge in [-0.1, -0.05) is 23.7 Å². The number of likely N-dealkylation sites (N-methyl/N-ethyl adjacent to an activating group) is 1. The van der Waals surface area contributed by atoms with Gasteiger partial charge in [0, 0.05) is 20.7 Å². The van der Waals surface area contributed by atoms with Crippen LogP contribution < -0.4 is 10.1 Å². The minimum absolute atomic E-state index is 0. The quantitative estimate of drug-likeness (QED) is 0.699. The Kier molecular flexibility index (Phi) is 11.1. The number of methoxy groups -OCH3 is 1. The van der Waals surface area contributed by atoms with E-state index in [0.717, 1.165) is 0 Å². The van der Waals surface area contributed by atoms with E-state index in [0.29, 0.717) is 43.6 Å². The van der Waals surface area contributed by atoms with Crippen LogP contribution in [0.15, 0.2) is 24.3 Å². The highest BCUT2D eigenvalue weighted by atomic mass is 35.5. The smallest absolute Gasteiger partial charge is 0.236 e. The average Bonchev–Trinajstić information content (AvgIpc) is 2.45. The summed E-state index contributed by atoms with van der Waals surface area (Å²) in [5.74, 6) is 0.650. The molecular formula is C14H22Cl2N2O3. The molecule has 0 spiro atoms. The first-order chi connectivity index (χ1) is 9.65. The molecule has 0 unspecified atom stereocenters. The van der Waals surface area contributed by atoms with Crippen molar-refractivity contribution in [3.05, 3.63) is 29.3 Å². The first-order valence-electron chi connectivity index (χ1n) is 6.46. The number of hydrogen-bond donors (Lipinski definition) is 1. The molecule has 1 aromatic rings. The maximum absolute atomic E-state index is 11.8. The molecule has 1 aromatic carbocycles. The first-order valence-corrected chi connectivity index (χ1v) is 6.84. The fraction of sp³-hybridized carbons (Fsp3) is 0.500. The van der Waals surface area contributed by atoms with Gasteiger partial charge in [0.25, 0.3) is 0 Å². The molecule has 1 rings (SSSR count). The van der Waals surface area contributed by atoms with Gasteiger partial charge < -0.3 is 19.7 Å². The van der Waals surface area contributed by atoms with Gasteiger partial charge in [-0.05, 0) is 12.1 Å². The average molecular weight is 337 g/mol. The summed E-state index contributed by atoms with van der Waals surface area (Å²) in [5, 5.41) is 3.58. The molecule has 7 heteroatoms. The summed E-state index contributed by atoms with van der Waals surface area (Å²) in [6.45, 7) is 2.46. The van der Waals surface area contributed by atoms with E-state index in [9.17, 15) is 4.79 Å². The molecule has 0 aliphatic heterocycles. The Morgan fingerprint density at radius 1 is 1.33 bits per heavy atom. The fourth-order valence-electron chi connectivity index (χ4n) is 1.48. The van der Waals surface area contributed by atoms with E-state index in [1.807, 2.05) is 12.1 Å². The minimum atomic E-state index is 0. The van der Waals surface area contributed by atoms with Crippen molar-refractivity contribution in [2.45, 2.75) is 0 Å². The topological polar surface area (TPSA) is 50.8 Å². The highest BCUT2D eigenvalue weighted by Crippen LogP contribution is 2.22. The van der Waals surface area contributed by atoms with Gasteiger partial charge in [0.15, 0.2) is 0 Å². The predicted molar refractivity (Wildman–Crippen MR) is 86.6 cm³/mol. The number of nitrogens with one attached hydrogen (secondary N) is 1. The Balaban J connectivity index is 0.00000400. The third-order valence-corrected chi connectivity index (χ3v) is 3.02. The van der Waals surface area contributed by atoms with Crippen LogP contribution in [0.1, 0.15) is 0 Å². The second-order valence-electron chi connectivity index (χ2n) is 4.26. The molecule has 0 aromatic heterocycles. The summed E-state index contributed by atoms with van der Waals surface area (Å²) in [5.41, 5.74) is 0. The summed E-state index contributed by atoms with van der Waals surface area (Å²) in [6, 6.07) is 7.27. The highest BCUT2D eigenvalue weighted by molar-refractivity contribution is 6.32. The maximum atomic E-state index is 11.8. The number of para-hydroxylation sites is 1. The number of benzene rings is 1. The SMILES string of the molecule is COCCNCC(=O)N(C)CCOc1ccccc1Cl.Cl. The van der Waals surface area contributed by atoms with Gasteiger partial charge in [-0.3, -0.25) is 4.79 Å². The second-order valence-corrected chi connectivity index (χ2v) is 4.67.